The van der Waals surface area contributed by atoms with Crippen LogP contribution in [0, 0.1) is 0 Å². The summed E-state index contributed by atoms with van der Waals surface area (Å²) in [5, 5.41) is 7.84. The van der Waals surface area contributed by atoms with Crippen molar-refractivity contribution < 1.29 is 19.1 Å². The second-order valence-electron chi connectivity index (χ2n) is 5.16. The van der Waals surface area contributed by atoms with Gasteiger partial charge in [0.05, 0.1) is 7.11 Å². The van der Waals surface area contributed by atoms with Gasteiger partial charge in [-0.2, -0.15) is 0 Å². The predicted octanol–water partition coefficient (Wildman–Crippen LogP) is 2.21. The van der Waals surface area contributed by atoms with Crippen molar-refractivity contribution >= 4 is 34.8 Å². The van der Waals surface area contributed by atoms with Crippen LogP contribution in [0.4, 0.5) is 5.69 Å². The van der Waals surface area contributed by atoms with Gasteiger partial charge in [-0.25, -0.2) is 4.98 Å². The topological polar surface area (TPSA) is 97.4 Å². The summed E-state index contributed by atoms with van der Waals surface area (Å²) in [7, 11) is 1.33. The lowest BCUT2D eigenvalue weighted by Gasteiger charge is -2.07. The van der Waals surface area contributed by atoms with Crippen molar-refractivity contribution in [3.05, 3.63) is 35.8 Å². The van der Waals surface area contributed by atoms with E-state index in [4.69, 9.17) is 0 Å². The lowest BCUT2D eigenvalue weighted by molar-refractivity contribution is -0.140. The molecule has 1 aromatic heterocycles. The zero-order valence-electron chi connectivity index (χ0n) is 13.8. The smallest absolute Gasteiger partial charge is 0.313 e. The first-order valence-electron chi connectivity index (χ1n) is 7.76. The van der Waals surface area contributed by atoms with E-state index in [2.05, 4.69) is 20.4 Å². The number of thiazole rings is 1. The number of rotatable bonds is 7. The Hall–Kier alpha value is -2.74. The van der Waals surface area contributed by atoms with Crippen LogP contribution < -0.4 is 10.6 Å². The number of methoxy groups -OCH3 is 1. The van der Waals surface area contributed by atoms with Gasteiger partial charge in [0.25, 0.3) is 0 Å². The largest absolute Gasteiger partial charge is 0.469 e. The van der Waals surface area contributed by atoms with Crippen LogP contribution in [0.5, 0.6) is 0 Å². The number of hydrogen-bond donors (Lipinski definition) is 2. The fraction of sp³-hybridized carbons (Fsp3) is 0.294. The van der Waals surface area contributed by atoms with Crippen LogP contribution in [0.25, 0.3) is 10.6 Å². The van der Waals surface area contributed by atoms with Crippen molar-refractivity contribution in [1.29, 1.82) is 0 Å². The minimum absolute atomic E-state index is 0.287. The average Bonchev–Trinajstić information content (AvgIpc) is 3.16. The van der Waals surface area contributed by atoms with E-state index in [9.17, 15) is 14.4 Å². The van der Waals surface area contributed by atoms with Gasteiger partial charge in [-0.1, -0.05) is 0 Å². The summed E-state index contributed by atoms with van der Waals surface area (Å²) in [6.45, 7) is 0.326. The lowest BCUT2D eigenvalue weighted by Crippen LogP contribution is -2.35. The highest BCUT2D eigenvalue weighted by Gasteiger charge is 2.13. The Morgan fingerprint density at radius 3 is 2.52 bits per heavy atom. The summed E-state index contributed by atoms with van der Waals surface area (Å²) in [5.74, 6) is -1.72. The molecule has 7 nitrogen and oxygen atoms in total. The Morgan fingerprint density at radius 2 is 1.88 bits per heavy atom. The number of anilines is 1. The first-order chi connectivity index (χ1) is 12.1. The number of benzene rings is 1. The molecule has 0 fully saturated rings. The molecule has 0 spiro atoms. The van der Waals surface area contributed by atoms with Crippen molar-refractivity contribution in [2.24, 2.45) is 0 Å². The summed E-state index contributed by atoms with van der Waals surface area (Å²) in [4.78, 5) is 38.7. The Bertz CT molecular complexity index is 714. The number of nitrogens with zero attached hydrogens (tertiary/aromatic N) is 1. The highest BCUT2D eigenvalue weighted by Crippen LogP contribution is 2.23. The number of esters is 1. The molecule has 1 heterocycles. The Kier molecular flexibility index (Phi) is 7.09. The van der Waals surface area contributed by atoms with Gasteiger partial charge in [-0.05, 0) is 37.1 Å². The molecular weight excluding hydrogens is 342 g/mol. The normalized spacial score (nSPS) is 10.1. The van der Waals surface area contributed by atoms with Gasteiger partial charge in [0.2, 0.25) is 0 Å². The number of amides is 2. The van der Waals surface area contributed by atoms with Gasteiger partial charge in [0, 0.05) is 35.8 Å². The maximum Gasteiger partial charge on any atom is 0.313 e. The molecule has 25 heavy (non-hydrogen) atoms. The fourth-order valence-corrected chi connectivity index (χ4v) is 2.67. The molecule has 0 atom stereocenters. The van der Waals surface area contributed by atoms with E-state index in [-0.39, 0.29) is 5.97 Å². The SMILES string of the molecule is COC(=O)CCCCNC(=O)C(=O)Nc1ccc(-c2nccs2)cc1. The number of unbranched alkanes of at least 4 members (excludes halogenated alkanes) is 1. The number of nitrogens with one attached hydrogen (secondary N) is 2. The Labute approximate surface area is 149 Å². The molecule has 0 saturated carbocycles. The van der Waals surface area contributed by atoms with E-state index >= 15 is 0 Å². The number of aromatic nitrogens is 1. The molecule has 2 rings (SSSR count). The highest BCUT2D eigenvalue weighted by molar-refractivity contribution is 7.13. The molecular formula is C17H19N3O4S. The highest BCUT2D eigenvalue weighted by atomic mass is 32.1. The zero-order chi connectivity index (χ0) is 18.1. The van der Waals surface area contributed by atoms with E-state index in [1.807, 2.05) is 17.5 Å². The number of carbonyl (C=O) groups excluding carboxylic acids is 3. The molecule has 0 radical (unpaired) electrons. The molecule has 0 bridgehead atoms. The molecule has 0 saturated heterocycles. The van der Waals surface area contributed by atoms with Crippen LogP contribution >= 0.6 is 11.3 Å². The molecule has 8 heteroatoms. The molecule has 0 unspecified atom stereocenters. The van der Waals surface area contributed by atoms with Crippen LogP contribution in [0.1, 0.15) is 19.3 Å². The van der Waals surface area contributed by atoms with Crippen LogP contribution in [0.15, 0.2) is 35.8 Å². The standard InChI is InChI=1S/C17H19N3O4S/c1-24-14(21)4-2-3-9-18-15(22)16(23)20-13-7-5-12(6-8-13)17-19-10-11-25-17/h5-8,10-11H,2-4,9H2,1H3,(H,18,22)(H,20,23). The first kappa shape index (κ1) is 18.6. The van der Waals surface area contributed by atoms with E-state index in [1.165, 1.54) is 18.4 Å². The van der Waals surface area contributed by atoms with E-state index in [0.717, 1.165) is 10.6 Å². The molecule has 2 aromatic rings. The Balaban J connectivity index is 1.73. The van der Waals surface area contributed by atoms with Gasteiger partial charge in [0.15, 0.2) is 0 Å². The van der Waals surface area contributed by atoms with Crippen LogP contribution in [-0.2, 0) is 19.1 Å². The third-order valence-electron chi connectivity index (χ3n) is 3.35. The van der Waals surface area contributed by atoms with Gasteiger partial charge in [0.1, 0.15) is 5.01 Å². The maximum atomic E-state index is 11.8. The van der Waals surface area contributed by atoms with Crippen molar-refractivity contribution in [1.82, 2.24) is 10.3 Å². The molecule has 0 aliphatic rings. The van der Waals surface area contributed by atoms with Crippen molar-refractivity contribution in [3.8, 4) is 10.6 Å². The lowest BCUT2D eigenvalue weighted by atomic mass is 10.2. The van der Waals surface area contributed by atoms with Crippen molar-refractivity contribution in [2.75, 3.05) is 19.0 Å². The Morgan fingerprint density at radius 1 is 1.12 bits per heavy atom. The average molecular weight is 361 g/mol. The molecule has 0 aliphatic heterocycles. The van der Waals surface area contributed by atoms with Crippen LogP contribution in [0.3, 0.4) is 0 Å². The third kappa shape index (κ3) is 6.00. The number of carbonyl (C=O) groups is 3. The first-order valence-corrected chi connectivity index (χ1v) is 8.64. The molecule has 2 N–H and O–H groups in total. The van der Waals surface area contributed by atoms with E-state index in [1.54, 1.807) is 18.3 Å². The van der Waals surface area contributed by atoms with Gasteiger partial charge < -0.3 is 15.4 Å². The third-order valence-corrected chi connectivity index (χ3v) is 4.17. The monoisotopic (exact) mass is 361 g/mol. The molecule has 0 aliphatic carbocycles. The molecule has 1 aromatic carbocycles. The number of hydrogen-bond acceptors (Lipinski definition) is 6. The van der Waals surface area contributed by atoms with E-state index < -0.39 is 11.8 Å². The minimum Gasteiger partial charge on any atom is -0.469 e. The second-order valence-corrected chi connectivity index (χ2v) is 6.05. The van der Waals surface area contributed by atoms with Gasteiger partial charge in [-0.15, -0.1) is 11.3 Å². The maximum absolute atomic E-state index is 11.8. The quantitative estimate of drug-likeness (QED) is 0.448. The summed E-state index contributed by atoms with van der Waals surface area (Å²) in [6.07, 6.45) is 3.21. The minimum atomic E-state index is -0.727. The van der Waals surface area contributed by atoms with Crippen LogP contribution in [-0.4, -0.2) is 36.4 Å². The summed E-state index contributed by atoms with van der Waals surface area (Å²) < 4.78 is 4.52. The van der Waals surface area contributed by atoms with Gasteiger partial charge in [-0.3, -0.25) is 14.4 Å². The van der Waals surface area contributed by atoms with E-state index in [0.29, 0.717) is 31.5 Å². The second kappa shape index (κ2) is 9.53. The fourth-order valence-electron chi connectivity index (χ4n) is 2.03. The van der Waals surface area contributed by atoms with Crippen LogP contribution in [0.2, 0.25) is 0 Å². The number of ether oxygens (including phenoxy) is 1. The molecule has 132 valence electrons. The summed E-state index contributed by atoms with van der Waals surface area (Å²) in [5.41, 5.74) is 1.48. The van der Waals surface area contributed by atoms with Gasteiger partial charge >= 0.3 is 17.8 Å². The summed E-state index contributed by atoms with van der Waals surface area (Å²) >= 11 is 1.53. The van der Waals surface area contributed by atoms with Crippen molar-refractivity contribution in [2.45, 2.75) is 19.3 Å². The molecule has 2 amide bonds. The predicted molar refractivity (Wildman–Crippen MR) is 95.1 cm³/mol. The zero-order valence-corrected chi connectivity index (χ0v) is 14.6. The summed E-state index contributed by atoms with van der Waals surface area (Å²) in [6, 6.07) is 7.11. The van der Waals surface area contributed by atoms with Crippen molar-refractivity contribution in [3.63, 3.8) is 0 Å².